The smallest absolute Gasteiger partial charge is 0.407 e. The first-order valence-corrected chi connectivity index (χ1v) is 5.77. The summed E-state index contributed by atoms with van der Waals surface area (Å²) in [5, 5.41) is 2.73. The van der Waals surface area contributed by atoms with Crippen LogP contribution >= 0.6 is 0 Å². The monoisotopic (exact) mass is 237 g/mol. The molecule has 0 aromatic heterocycles. The summed E-state index contributed by atoms with van der Waals surface area (Å²) in [5.74, 6) is 2.44. The molecule has 4 heteroatoms. The van der Waals surface area contributed by atoms with E-state index in [4.69, 9.17) is 11.2 Å². The first kappa shape index (κ1) is 13.6. The minimum absolute atomic E-state index is 0.00554. The molecule has 0 heterocycles. The number of carbonyl (C=O) groups is 2. The molecular weight excluding hydrogens is 218 g/mol. The molecule has 0 aromatic rings. The van der Waals surface area contributed by atoms with E-state index in [0.717, 1.165) is 0 Å². The van der Waals surface area contributed by atoms with Crippen molar-refractivity contribution in [2.24, 2.45) is 5.92 Å². The number of carbonyl (C=O) groups excluding carboxylic acids is 2. The van der Waals surface area contributed by atoms with Gasteiger partial charge in [-0.1, -0.05) is 5.92 Å². The van der Waals surface area contributed by atoms with Crippen molar-refractivity contribution in [2.75, 3.05) is 0 Å². The number of ketones is 1. The fourth-order valence-corrected chi connectivity index (χ4v) is 1.72. The number of hydrogen-bond acceptors (Lipinski definition) is 3. The maximum absolute atomic E-state index is 11.4. The van der Waals surface area contributed by atoms with E-state index < -0.39 is 11.7 Å². The van der Waals surface area contributed by atoms with Crippen molar-refractivity contribution in [1.29, 1.82) is 0 Å². The molecule has 1 fully saturated rings. The zero-order valence-electron chi connectivity index (χ0n) is 10.6. The van der Waals surface area contributed by atoms with Gasteiger partial charge in [-0.3, -0.25) is 4.79 Å². The summed E-state index contributed by atoms with van der Waals surface area (Å²) in [6.45, 7) is 5.44. The zero-order chi connectivity index (χ0) is 13.1. The first-order chi connectivity index (χ1) is 7.81. The van der Waals surface area contributed by atoms with Gasteiger partial charge in [0.25, 0.3) is 0 Å². The van der Waals surface area contributed by atoms with E-state index in [0.29, 0.717) is 12.8 Å². The molecule has 1 N–H and O–H groups in total. The molecule has 4 nitrogen and oxygen atoms in total. The number of Topliss-reactive ketones (excluding diaryl/α,β-unsaturated/α-hetero) is 1. The molecule has 0 unspecified atom stereocenters. The highest BCUT2D eigenvalue weighted by molar-refractivity contribution is 5.84. The SMILES string of the molecule is C#CCC(=O)C1CC(NC(=O)OC(C)(C)C)C1. The summed E-state index contributed by atoms with van der Waals surface area (Å²) < 4.78 is 5.12. The molecule has 0 atom stereocenters. The minimum atomic E-state index is -0.494. The van der Waals surface area contributed by atoms with Gasteiger partial charge in [-0.05, 0) is 33.6 Å². The van der Waals surface area contributed by atoms with Crippen molar-refractivity contribution in [2.45, 2.75) is 51.7 Å². The number of terminal acetylenes is 1. The van der Waals surface area contributed by atoms with Crippen molar-refractivity contribution in [3.8, 4) is 12.3 Å². The third-order valence-electron chi connectivity index (χ3n) is 2.59. The third-order valence-corrected chi connectivity index (χ3v) is 2.59. The highest BCUT2D eigenvalue weighted by Crippen LogP contribution is 2.29. The van der Waals surface area contributed by atoms with E-state index in [1.54, 1.807) is 0 Å². The lowest BCUT2D eigenvalue weighted by Crippen LogP contribution is -2.48. The quantitative estimate of drug-likeness (QED) is 0.762. The van der Waals surface area contributed by atoms with Crippen molar-refractivity contribution in [3.63, 3.8) is 0 Å². The third kappa shape index (κ3) is 4.48. The van der Waals surface area contributed by atoms with E-state index in [1.165, 1.54) is 0 Å². The molecule has 17 heavy (non-hydrogen) atoms. The summed E-state index contributed by atoms with van der Waals surface area (Å²) in [6, 6.07) is 0.0385. The first-order valence-electron chi connectivity index (χ1n) is 5.77. The Morgan fingerprint density at radius 1 is 1.41 bits per heavy atom. The van der Waals surface area contributed by atoms with Gasteiger partial charge < -0.3 is 10.1 Å². The Bertz CT molecular complexity index is 343. The highest BCUT2D eigenvalue weighted by Gasteiger charge is 2.35. The molecule has 1 amide bonds. The van der Waals surface area contributed by atoms with E-state index in [2.05, 4.69) is 11.2 Å². The van der Waals surface area contributed by atoms with Gasteiger partial charge >= 0.3 is 6.09 Å². The maximum atomic E-state index is 11.4. The molecule has 0 bridgehead atoms. The van der Waals surface area contributed by atoms with Gasteiger partial charge in [-0.25, -0.2) is 4.79 Å². The van der Waals surface area contributed by atoms with Gasteiger partial charge in [0.15, 0.2) is 0 Å². The highest BCUT2D eigenvalue weighted by atomic mass is 16.6. The average Bonchev–Trinajstić information content (AvgIpc) is 2.07. The van der Waals surface area contributed by atoms with Gasteiger partial charge in [0.05, 0.1) is 6.42 Å². The molecule has 0 aliphatic heterocycles. The minimum Gasteiger partial charge on any atom is -0.444 e. The largest absolute Gasteiger partial charge is 0.444 e. The van der Waals surface area contributed by atoms with E-state index in [1.807, 2.05) is 20.8 Å². The standard InChI is InChI=1S/C13H19NO3/c1-5-6-11(15)9-7-10(8-9)14-12(16)17-13(2,3)4/h1,9-10H,6-8H2,2-4H3,(H,14,16). The Kier molecular flexibility index (Phi) is 4.17. The fraction of sp³-hybridized carbons (Fsp3) is 0.692. The lowest BCUT2D eigenvalue weighted by molar-refractivity contribution is -0.125. The lowest BCUT2D eigenvalue weighted by Gasteiger charge is -2.34. The molecule has 0 radical (unpaired) electrons. The van der Waals surface area contributed by atoms with Crippen LogP contribution in [0.3, 0.4) is 0 Å². The molecule has 1 aliphatic rings. The summed E-state index contributed by atoms with van der Waals surface area (Å²) in [7, 11) is 0. The number of ether oxygens (including phenoxy) is 1. The van der Waals surface area contributed by atoms with Crippen LogP contribution in [-0.4, -0.2) is 23.5 Å². The van der Waals surface area contributed by atoms with Crippen LogP contribution in [0.4, 0.5) is 4.79 Å². The molecule has 0 spiro atoms. The topological polar surface area (TPSA) is 55.4 Å². The normalized spacial score (nSPS) is 23.2. The Labute approximate surface area is 102 Å². The second-order valence-electron chi connectivity index (χ2n) is 5.36. The van der Waals surface area contributed by atoms with Crippen molar-refractivity contribution in [3.05, 3.63) is 0 Å². The average molecular weight is 237 g/mol. The Hall–Kier alpha value is -1.50. The predicted molar refractivity (Wildman–Crippen MR) is 64.3 cm³/mol. The molecule has 1 aliphatic carbocycles. The number of alkyl carbamates (subject to hydrolysis) is 1. The van der Waals surface area contributed by atoms with Crippen LogP contribution in [0.2, 0.25) is 0 Å². The van der Waals surface area contributed by atoms with Crippen LogP contribution in [0.15, 0.2) is 0 Å². The maximum Gasteiger partial charge on any atom is 0.407 e. The number of amides is 1. The van der Waals surface area contributed by atoms with Gasteiger partial charge in [0, 0.05) is 12.0 Å². The molecule has 0 saturated heterocycles. The van der Waals surface area contributed by atoms with Gasteiger partial charge in [0.1, 0.15) is 11.4 Å². The van der Waals surface area contributed by atoms with Crippen molar-refractivity contribution in [1.82, 2.24) is 5.32 Å². The van der Waals surface area contributed by atoms with Crippen LogP contribution in [0.1, 0.15) is 40.0 Å². The van der Waals surface area contributed by atoms with Crippen molar-refractivity contribution < 1.29 is 14.3 Å². The summed E-state index contributed by atoms with van der Waals surface area (Å²) in [5.41, 5.74) is -0.494. The second-order valence-corrected chi connectivity index (χ2v) is 5.36. The Morgan fingerprint density at radius 2 is 2.00 bits per heavy atom. The fourth-order valence-electron chi connectivity index (χ4n) is 1.72. The predicted octanol–water partition coefficient (Wildman–Crippen LogP) is 1.88. The zero-order valence-corrected chi connectivity index (χ0v) is 10.6. The Balaban J connectivity index is 2.24. The summed E-state index contributed by atoms with van der Waals surface area (Å²) >= 11 is 0. The van der Waals surface area contributed by atoms with Gasteiger partial charge in [-0.15, -0.1) is 6.42 Å². The van der Waals surface area contributed by atoms with Crippen LogP contribution in [0, 0.1) is 18.3 Å². The van der Waals surface area contributed by atoms with E-state index in [9.17, 15) is 9.59 Å². The molecule has 1 saturated carbocycles. The number of nitrogens with one attached hydrogen (secondary N) is 1. The van der Waals surface area contributed by atoms with Gasteiger partial charge in [0.2, 0.25) is 0 Å². The molecule has 0 aromatic carbocycles. The van der Waals surface area contributed by atoms with Crippen LogP contribution in [0.25, 0.3) is 0 Å². The summed E-state index contributed by atoms with van der Waals surface area (Å²) in [6.07, 6.45) is 6.16. The van der Waals surface area contributed by atoms with Crippen molar-refractivity contribution >= 4 is 11.9 Å². The Morgan fingerprint density at radius 3 is 2.47 bits per heavy atom. The number of hydrogen-bond donors (Lipinski definition) is 1. The van der Waals surface area contributed by atoms with Crippen LogP contribution in [-0.2, 0) is 9.53 Å². The summed E-state index contributed by atoms with van der Waals surface area (Å²) in [4.78, 5) is 22.8. The van der Waals surface area contributed by atoms with E-state index >= 15 is 0 Å². The van der Waals surface area contributed by atoms with Crippen LogP contribution in [0.5, 0.6) is 0 Å². The lowest BCUT2D eigenvalue weighted by atomic mass is 9.77. The van der Waals surface area contributed by atoms with E-state index in [-0.39, 0.29) is 24.2 Å². The number of rotatable bonds is 3. The molecule has 94 valence electrons. The van der Waals surface area contributed by atoms with Gasteiger partial charge in [-0.2, -0.15) is 0 Å². The molecule has 1 rings (SSSR count). The second kappa shape index (κ2) is 5.22. The van der Waals surface area contributed by atoms with Crippen LogP contribution < -0.4 is 5.32 Å². The molecular formula is C13H19NO3.